The molecule has 1 aliphatic heterocycles. The number of rotatable bonds is 3. The van der Waals surface area contributed by atoms with E-state index in [4.69, 9.17) is 4.42 Å². The first-order valence-electron chi connectivity index (χ1n) is 7.82. The zero-order valence-electron chi connectivity index (χ0n) is 13.6. The third kappa shape index (κ3) is 3.33. The summed E-state index contributed by atoms with van der Waals surface area (Å²) in [5, 5.41) is 12.4. The first-order valence-corrected chi connectivity index (χ1v) is 7.82. The van der Waals surface area contributed by atoms with Crippen LogP contribution in [0.1, 0.15) is 50.0 Å². The minimum absolute atomic E-state index is 0.0804. The fourth-order valence-electron chi connectivity index (χ4n) is 3.08. The molecule has 23 heavy (non-hydrogen) atoms. The average molecular weight is 315 g/mol. The monoisotopic (exact) mass is 315 g/mol. The maximum atomic E-state index is 11.7. The Kier molecular flexibility index (Phi) is 4.27. The number of likely N-dealkylation sites (tertiary alicyclic amines) is 1. The molecule has 1 fully saturated rings. The van der Waals surface area contributed by atoms with Crippen molar-refractivity contribution in [2.45, 2.75) is 38.6 Å². The number of hydrogen-bond donors (Lipinski definition) is 0. The van der Waals surface area contributed by atoms with Crippen LogP contribution in [0.25, 0.3) is 12.2 Å². The van der Waals surface area contributed by atoms with Gasteiger partial charge in [-0.3, -0.25) is 9.48 Å². The second-order valence-corrected chi connectivity index (χ2v) is 5.96. The Balaban J connectivity index is 1.73. The summed E-state index contributed by atoms with van der Waals surface area (Å²) in [4.78, 5) is 13.6. The van der Waals surface area contributed by atoms with E-state index in [9.17, 15) is 4.79 Å². The predicted octanol–water partition coefficient (Wildman–Crippen LogP) is 2.09. The lowest BCUT2D eigenvalue weighted by Gasteiger charge is -2.37. The smallest absolute Gasteiger partial charge is 0.240 e. The van der Waals surface area contributed by atoms with Gasteiger partial charge in [0.25, 0.3) is 0 Å². The van der Waals surface area contributed by atoms with Gasteiger partial charge in [-0.15, -0.1) is 10.2 Å². The van der Waals surface area contributed by atoms with Gasteiger partial charge in [0.1, 0.15) is 0 Å². The van der Waals surface area contributed by atoms with Gasteiger partial charge in [-0.25, -0.2) is 0 Å². The van der Waals surface area contributed by atoms with Gasteiger partial charge >= 0.3 is 0 Å². The second-order valence-electron chi connectivity index (χ2n) is 5.96. The lowest BCUT2D eigenvalue weighted by atomic mass is 9.90. The lowest BCUT2D eigenvalue weighted by Crippen LogP contribution is -2.44. The van der Waals surface area contributed by atoms with Crippen LogP contribution in [0.2, 0.25) is 0 Å². The Hall–Kier alpha value is -2.44. The molecular weight excluding hydrogens is 294 g/mol. The zero-order chi connectivity index (χ0) is 16.4. The van der Waals surface area contributed by atoms with E-state index >= 15 is 0 Å². The van der Waals surface area contributed by atoms with Crippen molar-refractivity contribution >= 4 is 18.1 Å². The third-order valence-corrected chi connectivity index (χ3v) is 4.31. The Labute approximate surface area is 135 Å². The molecule has 0 saturated carbocycles. The highest BCUT2D eigenvalue weighted by atomic mass is 16.4. The standard InChI is InChI=1S/C16H21N5O2/c1-11-14(5-4-8-21(11)12(2)22)16-19-18-15(23-16)7-6-13-9-17-20(3)10-13/h6-7,9-11,14H,4-5,8H2,1-3H3/b7-6+/t11-,14-/m0/s1. The van der Waals surface area contributed by atoms with Gasteiger partial charge in [-0.1, -0.05) is 0 Å². The summed E-state index contributed by atoms with van der Waals surface area (Å²) in [6.45, 7) is 4.45. The Bertz CT molecular complexity index is 718. The SMILES string of the molecule is CC(=O)N1CCC[C@H](c2nnc(/C=C/c3cnn(C)c3)o2)[C@@H]1C. The fourth-order valence-corrected chi connectivity index (χ4v) is 3.08. The summed E-state index contributed by atoms with van der Waals surface area (Å²) in [6.07, 6.45) is 9.25. The van der Waals surface area contributed by atoms with Gasteiger partial charge in [0.05, 0.1) is 12.1 Å². The summed E-state index contributed by atoms with van der Waals surface area (Å²) >= 11 is 0. The maximum absolute atomic E-state index is 11.7. The van der Waals surface area contributed by atoms with E-state index in [-0.39, 0.29) is 17.9 Å². The van der Waals surface area contributed by atoms with Crippen LogP contribution in [0.3, 0.4) is 0 Å². The number of nitrogens with zero attached hydrogens (tertiary/aromatic N) is 5. The van der Waals surface area contributed by atoms with Gasteiger partial charge in [0.15, 0.2) is 0 Å². The molecule has 3 heterocycles. The Morgan fingerprint density at radius 2 is 2.22 bits per heavy atom. The van der Waals surface area contributed by atoms with Crippen LogP contribution in [-0.2, 0) is 11.8 Å². The molecule has 122 valence electrons. The highest BCUT2D eigenvalue weighted by Crippen LogP contribution is 2.31. The van der Waals surface area contributed by atoms with Gasteiger partial charge in [-0.2, -0.15) is 5.10 Å². The summed E-state index contributed by atoms with van der Waals surface area (Å²) in [5.74, 6) is 1.27. The van der Waals surface area contributed by atoms with Crippen molar-refractivity contribution in [2.75, 3.05) is 6.54 Å². The number of aromatic nitrogens is 4. The number of carbonyl (C=O) groups excluding carboxylic acids is 1. The number of piperidine rings is 1. The first kappa shape index (κ1) is 15.5. The fraction of sp³-hybridized carbons (Fsp3) is 0.500. The molecule has 7 heteroatoms. The molecule has 2 atom stereocenters. The minimum Gasteiger partial charge on any atom is -0.421 e. The van der Waals surface area contributed by atoms with Crippen LogP contribution in [0.5, 0.6) is 0 Å². The Morgan fingerprint density at radius 1 is 1.39 bits per heavy atom. The van der Waals surface area contributed by atoms with Gasteiger partial charge < -0.3 is 9.32 Å². The van der Waals surface area contributed by atoms with Crippen LogP contribution in [0, 0.1) is 0 Å². The van der Waals surface area contributed by atoms with E-state index < -0.39 is 0 Å². The third-order valence-electron chi connectivity index (χ3n) is 4.31. The molecule has 2 aromatic heterocycles. The van der Waals surface area contributed by atoms with Gasteiger partial charge in [0, 0.05) is 44.4 Å². The topological polar surface area (TPSA) is 77.1 Å². The van der Waals surface area contributed by atoms with Crippen LogP contribution >= 0.6 is 0 Å². The molecular formula is C16H21N5O2. The molecule has 3 rings (SSSR count). The summed E-state index contributed by atoms with van der Waals surface area (Å²) < 4.78 is 7.51. The molecule has 1 amide bonds. The molecule has 0 aliphatic carbocycles. The van der Waals surface area contributed by atoms with Crippen molar-refractivity contribution in [2.24, 2.45) is 7.05 Å². The maximum Gasteiger partial charge on any atom is 0.240 e. The number of carbonyl (C=O) groups is 1. The van der Waals surface area contributed by atoms with E-state index in [1.54, 1.807) is 23.9 Å². The second kappa shape index (κ2) is 6.36. The molecule has 0 aromatic carbocycles. The van der Waals surface area contributed by atoms with Crippen LogP contribution < -0.4 is 0 Å². The van der Waals surface area contributed by atoms with E-state index in [0.29, 0.717) is 11.8 Å². The molecule has 0 unspecified atom stereocenters. The predicted molar refractivity (Wildman–Crippen MR) is 85.3 cm³/mol. The molecule has 0 bridgehead atoms. The van der Waals surface area contributed by atoms with Gasteiger partial charge in [-0.05, 0) is 25.8 Å². The number of amides is 1. The van der Waals surface area contributed by atoms with Crippen LogP contribution in [-0.4, -0.2) is 43.4 Å². The number of aryl methyl sites for hydroxylation is 1. The van der Waals surface area contributed by atoms with E-state index in [0.717, 1.165) is 24.9 Å². The Morgan fingerprint density at radius 3 is 2.91 bits per heavy atom. The zero-order valence-corrected chi connectivity index (χ0v) is 13.6. The van der Waals surface area contributed by atoms with E-state index in [1.165, 1.54) is 0 Å². The molecule has 0 spiro atoms. The average Bonchev–Trinajstić information content (AvgIpc) is 3.14. The first-order chi connectivity index (χ1) is 11.0. The van der Waals surface area contributed by atoms with Crippen molar-refractivity contribution in [1.82, 2.24) is 24.9 Å². The summed E-state index contributed by atoms with van der Waals surface area (Å²) in [7, 11) is 1.87. The molecule has 1 saturated heterocycles. The van der Waals surface area contributed by atoms with Crippen molar-refractivity contribution < 1.29 is 9.21 Å². The molecule has 2 aromatic rings. The van der Waals surface area contributed by atoms with Gasteiger partial charge in [0.2, 0.25) is 17.7 Å². The quantitative estimate of drug-likeness (QED) is 0.866. The molecule has 1 aliphatic rings. The largest absolute Gasteiger partial charge is 0.421 e. The summed E-state index contributed by atoms with van der Waals surface area (Å²) in [6, 6.07) is 0.0804. The normalized spacial score (nSPS) is 22.0. The van der Waals surface area contributed by atoms with Crippen molar-refractivity contribution in [3.8, 4) is 0 Å². The highest BCUT2D eigenvalue weighted by Gasteiger charge is 2.33. The van der Waals surface area contributed by atoms with E-state index in [1.807, 2.05) is 31.1 Å². The molecule has 0 radical (unpaired) electrons. The lowest BCUT2D eigenvalue weighted by molar-refractivity contribution is -0.132. The minimum atomic E-state index is 0.0804. The highest BCUT2D eigenvalue weighted by molar-refractivity contribution is 5.73. The van der Waals surface area contributed by atoms with E-state index in [2.05, 4.69) is 15.3 Å². The van der Waals surface area contributed by atoms with Crippen molar-refractivity contribution in [3.63, 3.8) is 0 Å². The summed E-state index contributed by atoms with van der Waals surface area (Å²) in [5.41, 5.74) is 0.973. The molecule has 7 nitrogen and oxygen atoms in total. The van der Waals surface area contributed by atoms with Crippen LogP contribution in [0.4, 0.5) is 0 Å². The van der Waals surface area contributed by atoms with Crippen LogP contribution in [0.15, 0.2) is 16.8 Å². The molecule has 0 N–H and O–H groups in total. The van der Waals surface area contributed by atoms with Crippen molar-refractivity contribution in [3.05, 3.63) is 29.7 Å². The van der Waals surface area contributed by atoms with Crippen molar-refractivity contribution in [1.29, 1.82) is 0 Å². The number of hydrogen-bond acceptors (Lipinski definition) is 5.